The Labute approximate surface area is 166 Å². The second-order valence-electron chi connectivity index (χ2n) is 7.11. The van der Waals surface area contributed by atoms with Crippen LogP contribution in [-0.2, 0) is 16.6 Å². The molecule has 6 nitrogen and oxygen atoms in total. The molecule has 0 aliphatic carbocycles. The summed E-state index contributed by atoms with van der Waals surface area (Å²) in [4.78, 5) is 2.67. The molecule has 0 unspecified atom stereocenters. The van der Waals surface area contributed by atoms with E-state index in [9.17, 15) is 8.42 Å². The molecule has 0 atom stereocenters. The molecule has 1 aromatic heterocycles. The third-order valence-corrected chi connectivity index (χ3v) is 7.01. The van der Waals surface area contributed by atoms with Gasteiger partial charge < -0.3 is 0 Å². The highest BCUT2D eigenvalue weighted by molar-refractivity contribution is 7.89. The summed E-state index contributed by atoms with van der Waals surface area (Å²) in [5.74, 6) is 0. The van der Waals surface area contributed by atoms with E-state index < -0.39 is 10.0 Å². The lowest BCUT2D eigenvalue weighted by Crippen LogP contribution is -2.48. The molecule has 2 heterocycles. The fourth-order valence-corrected chi connectivity index (χ4v) is 4.84. The molecule has 1 aliphatic heterocycles. The first kappa shape index (κ1) is 18.9. The Bertz CT molecular complexity index is 1010. The quantitative estimate of drug-likeness (QED) is 0.665. The maximum Gasteiger partial charge on any atom is 0.243 e. The third-order valence-electron chi connectivity index (χ3n) is 5.10. The molecule has 7 heteroatoms. The summed E-state index contributed by atoms with van der Waals surface area (Å²) in [6.45, 7) is 5.26. The molecule has 2 aromatic carbocycles. The van der Waals surface area contributed by atoms with E-state index in [2.05, 4.69) is 34.3 Å². The standard InChI is InChI=1S/C21H24N4O2S/c1-18-3-9-21(10-4-18)28(26,27)24-15-13-23(14-16-24)17-19-5-7-20(8-6-19)25-12-2-11-22-25/h2-12H,13-17H2,1H3. The summed E-state index contributed by atoms with van der Waals surface area (Å²) in [6, 6.07) is 17.3. The highest BCUT2D eigenvalue weighted by Crippen LogP contribution is 2.19. The van der Waals surface area contributed by atoms with Crippen molar-refractivity contribution in [3.05, 3.63) is 78.1 Å². The van der Waals surface area contributed by atoms with Crippen LogP contribution in [0.3, 0.4) is 0 Å². The molecule has 1 saturated heterocycles. The van der Waals surface area contributed by atoms with Gasteiger partial charge >= 0.3 is 0 Å². The van der Waals surface area contributed by atoms with Gasteiger partial charge in [0.1, 0.15) is 0 Å². The summed E-state index contributed by atoms with van der Waals surface area (Å²) in [6.07, 6.45) is 3.68. The van der Waals surface area contributed by atoms with Crippen LogP contribution in [0.2, 0.25) is 0 Å². The van der Waals surface area contributed by atoms with E-state index in [0.717, 1.165) is 30.9 Å². The first-order valence-corrected chi connectivity index (χ1v) is 10.8. The van der Waals surface area contributed by atoms with Gasteiger partial charge in [-0.05, 0) is 42.8 Å². The van der Waals surface area contributed by atoms with Gasteiger partial charge in [-0.2, -0.15) is 9.40 Å². The number of hydrogen-bond acceptors (Lipinski definition) is 4. The van der Waals surface area contributed by atoms with Crippen LogP contribution in [-0.4, -0.2) is 53.6 Å². The minimum Gasteiger partial charge on any atom is -0.296 e. The second kappa shape index (κ2) is 7.87. The molecular weight excluding hydrogens is 372 g/mol. The van der Waals surface area contributed by atoms with Crippen LogP contribution < -0.4 is 0 Å². The van der Waals surface area contributed by atoms with E-state index >= 15 is 0 Å². The molecule has 0 saturated carbocycles. The van der Waals surface area contributed by atoms with Crippen LogP contribution in [0, 0.1) is 6.92 Å². The van der Waals surface area contributed by atoms with Gasteiger partial charge in [-0.1, -0.05) is 29.8 Å². The maximum atomic E-state index is 12.8. The van der Waals surface area contributed by atoms with Crippen LogP contribution in [0.25, 0.3) is 5.69 Å². The summed E-state index contributed by atoms with van der Waals surface area (Å²) in [5, 5.41) is 4.24. The van der Waals surface area contributed by atoms with Gasteiger partial charge in [0.15, 0.2) is 0 Å². The molecule has 1 fully saturated rings. The van der Waals surface area contributed by atoms with Gasteiger partial charge in [0.2, 0.25) is 10.0 Å². The number of piperazine rings is 1. The fraction of sp³-hybridized carbons (Fsp3) is 0.286. The van der Waals surface area contributed by atoms with Crippen molar-refractivity contribution < 1.29 is 8.42 Å². The molecule has 0 N–H and O–H groups in total. The van der Waals surface area contributed by atoms with Crippen molar-refractivity contribution in [3.8, 4) is 5.69 Å². The average molecular weight is 397 g/mol. The van der Waals surface area contributed by atoms with E-state index in [1.165, 1.54) is 5.56 Å². The van der Waals surface area contributed by atoms with Crippen LogP contribution in [0.1, 0.15) is 11.1 Å². The van der Waals surface area contributed by atoms with Crippen LogP contribution in [0.5, 0.6) is 0 Å². The number of sulfonamides is 1. The first-order chi connectivity index (χ1) is 13.5. The van der Waals surface area contributed by atoms with Crippen molar-refractivity contribution in [1.82, 2.24) is 19.0 Å². The van der Waals surface area contributed by atoms with E-state index in [4.69, 9.17) is 0 Å². The van der Waals surface area contributed by atoms with Gasteiger partial charge in [0.05, 0.1) is 10.6 Å². The van der Waals surface area contributed by atoms with Crippen molar-refractivity contribution in [2.45, 2.75) is 18.4 Å². The normalized spacial score (nSPS) is 16.3. The van der Waals surface area contributed by atoms with Crippen LogP contribution >= 0.6 is 0 Å². The van der Waals surface area contributed by atoms with Gasteiger partial charge in [-0.3, -0.25) is 4.90 Å². The van der Waals surface area contributed by atoms with E-state index in [1.54, 1.807) is 22.6 Å². The number of nitrogens with zero attached hydrogens (tertiary/aromatic N) is 4. The van der Waals surface area contributed by atoms with Gasteiger partial charge in [0, 0.05) is 45.1 Å². The zero-order valence-corrected chi connectivity index (χ0v) is 16.7. The molecule has 146 valence electrons. The summed E-state index contributed by atoms with van der Waals surface area (Å²) in [5.41, 5.74) is 3.30. The molecule has 1 aliphatic rings. The van der Waals surface area contributed by atoms with Crippen molar-refractivity contribution in [2.75, 3.05) is 26.2 Å². The zero-order chi connectivity index (χ0) is 19.6. The molecule has 3 aromatic rings. The van der Waals surface area contributed by atoms with Crippen molar-refractivity contribution in [1.29, 1.82) is 0 Å². The number of aromatic nitrogens is 2. The number of aryl methyl sites for hydroxylation is 1. The smallest absolute Gasteiger partial charge is 0.243 e. The predicted molar refractivity (Wildman–Crippen MR) is 109 cm³/mol. The van der Waals surface area contributed by atoms with Gasteiger partial charge in [0.25, 0.3) is 0 Å². The Balaban J connectivity index is 1.36. The van der Waals surface area contributed by atoms with Gasteiger partial charge in [-0.25, -0.2) is 13.1 Å². The minimum atomic E-state index is -3.41. The topological polar surface area (TPSA) is 58.4 Å². The molecule has 0 radical (unpaired) electrons. The summed E-state index contributed by atoms with van der Waals surface area (Å²) < 4.78 is 29.0. The van der Waals surface area contributed by atoms with Crippen LogP contribution in [0.15, 0.2) is 71.9 Å². The average Bonchev–Trinajstić information content (AvgIpc) is 3.24. The number of hydrogen-bond donors (Lipinski definition) is 0. The predicted octanol–water partition coefficient (Wildman–Crippen LogP) is 2.69. The summed E-state index contributed by atoms with van der Waals surface area (Å²) >= 11 is 0. The fourth-order valence-electron chi connectivity index (χ4n) is 3.42. The van der Waals surface area contributed by atoms with E-state index in [-0.39, 0.29) is 0 Å². The highest BCUT2D eigenvalue weighted by Gasteiger charge is 2.28. The Morgan fingerprint density at radius 3 is 2.21 bits per heavy atom. The lowest BCUT2D eigenvalue weighted by molar-refractivity contribution is 0.181. The first-order valence-electron chi connectivity index (χ1n) is 9.40. The Hall–Kier alpha value is -2.48. The zero-order valence-electron chi connectivity index (χ0n) is 15.9. The lowest BCUT2D eigenvalue weighted by Gasteiger charge is -2.34. The number of benzene rings is 2. The highest BCUT2D eigenvalue weighted by atomic mass is 32.2. The molecule has 0 bridgehead atoms. The minimum absolute atomic E-state index is 0.376. The largest absolute Gasteiger partial charge is 0.296 e. The van der Waals surface area contributed by atoms with Gasteiger partial charge in [-0.15, -0.1) is 0 Å². The second-order valence-corrected chi connectivity index (χ2v) is 9.05. The third kappa shape index (κ3) is 4.01. The van der Waals surface area contributed by atoms with Crippen molar-refractivity contribution in [2.24, 2.45) is 0 Å². The van der Waals surface area contributed by atoms with E-state index in [0.29, 0.717) is 18.0 Å². The SMILES string of the molecule is Cc1ccc(S(=O)(=O)N2CCN(Cc3ccc(-n4cccn4)cc3)CC2)cc1. The molecule has 0 amide bonds. The van der Waals surface area contributed by atoms with Crippen LogP contribution in [0.4, 0.5) is 0 Å². The summed E-state index contributed by atoms with van der Waals surface area (Å²) in [7, 11) is -3.41. The van der Waals surface area contributed by atoms with Crippen molar-refractivity contribution >= 4 is 10.0 Å². The molecular formula is C21H24N4O2S. The Kier molecular flexibility index (Phi) is 5.30. The molecule has 28 heavy (non-hydrogen) atoms. The van der Waals surface area contributed by atoms with E-state index in [1.807, 2.05) is 36.0 Å². The van der Waals surface area contributed by atoms with Crippen molar-refractivity contribution in [3.63, 3.8) is 0 Å². The Morgan fingerprint density at radius 1 is 0.929 bits per heavy atom. The molecule has 4 rings (SSSR count). The monoisotopic (exact) mass is 396 g/mol. The number of rotatable bonds is 5. The molecule has 0 spiro atoms. The Morgan fingerprint density at radius 2 is 1.61 bits per heavy atom. The maximum absolute atomic E-state index is 12.8. The lowest BCUT2D eigenvalue weighted by atomic mass is 10.2.